The SMILES string of the molecule is C=CCCC(=O)NC[C@@H](C)OC(=O)[C@@H]1[C@@H]2CC[C@]3(O2)[C@H](C(=O)N(CC=C)Cn2nnc4ccccc42)N([C@@H](CO)[C@@H](C)CC)C(=O)[C@@H]13. The Morgan fingerprint density at radius 3 is 2.72 bits per heavy atom. The third kappa shape index (κ3) is 6.30. The number of likely N-dealkylation sites (tertiary alicyclic amines) is 1. The molecule has 0 radical (unpaired) electrons. The molecule has 0 aliphatic carbocycles. The molecule has 2 N–H and O–H groups in total. The zero-order valence-corrected chi connectivity index (χ0v) is 27.4. The van der Waals surface area contributed by atoms with Crippen LogP contribution in [0.4, 0.5) is 0 Å². The molecular formula is C34H46N6O7. The Balaban J connectivity index is 1.45. The van der Waals surface area contributed by atoms with Crippen molar-refractivity contribution in [2.24, 2.45) is 17.8 Å². The van der Waals surface area contributed by atoms with E-state index in [9.17, 15) is 24.3 Å². The highest BCUT2D eigenvalue weighted by Gasteiger charge is 2.75. The number of nitrogens with one attached hydrogen (secondary N) is 1. The van der Waals surface area contributed by atoms with Gasteiger partial charge in [0.2, 0.25) is 17.7 Å². The number of aliphatic hydroxyl groups excluding tert-OH is 1. The van der Waals surface area contributed by atoms with Crippen molar-refractivity contribution in [1.29, 1.82) is 0 Å². The lowest BCUT2D eigenvalue weighted by atomic mass is 9.70. The Labute approximate surface area is 274 Å². The summed E-state index contributed by atoms with van der Waals surface area (Å²) in [5.74, 6) is -3.60. The predicted octanol–water partition coefficient (Wildman–Crippen LogP) is 2.20. The average Bonchev–Trinajstić information content (AvgIpc) is 3.82. The van der Waals surface area contributed by atoms with Gasteiger partial charge in [-0.25, -0.2) is 4.68 Å². The van der Waals surface area contributed by atoms with Gasteiger partial charge in [0.1, 0.15) is 29.9 Å². The molecule has 13 heteroatoms. The van der Waals surface area contributed by atoms with Gasteiger partial charge in [-0.05, 0) is 44.2 Å². The Morgan fingerprint density at radius 2 is 2.02 bits per heavy atom. The van der Waals surface area contributed by atoms with Gasteiger partial charge in [0.25, 0.3) is 0 Å². The Hall–Kier alpha value is -4.10. The molecule has 4 heterocycles. The number of ether oxygens (including phenoxy) is 2. The summed E-state index contributed by atoms with van der Waals surface area (Å²) < 4.78 is 14.0. The monoisotopic (exact) mass is 650 g/mol. The standard InChI is InChI=1S/C34H46N6O7/c1-6-9-14-27(42)35-18-22(5)46-33(45)28-26-15-16-34(47-26)29(28)31(43)40(25(19-41)21(4)8-3)30(34)32(44)38(17-7-2)20-39-24-13-11-10-12-23(24)36-37-39/h6-7,10-13,21-22,25-26,28-30,41H,1-2,8-9,14-20H2,3-5H3,(H,35,42)/t21-,22+,25-,26-,28+,29+,30-,34+/m0/s1. The molecule has 5 rings (SSSR count). The number of allylic oxidation sites excluding steroid dienone is 1. The lowest BCUT2D eigenvalue weighted by molar-refractivity contribution is -0.160. The number of hydrogen-bond donors (Lipinski definition) is 2. The molecule has 8 atom stereocenters. The summed E-state index contributed by atoms with van der Waals surface area (Å²) >= 11 is 0. The van der Waals surface area contributed by atoms with Gasteiger partial charge in [-0.1, -0.05) is 49.8 Å². The second-order valence-electron chi connectivity index (χ2n) is 12.9. The van der Waals surface area contributed by atoms with Crippen LogP contribution in [-0.2, 0) is 35.3 Å². The molecular weight excluding hydrogens is 604 g/mol. The van der Waals surface area contributed by atoms with Crippen molar-refractivity contribution in [3.05, 3.63) is 49.6 Å². The van der Waals surface area contributed by atoms with E-state index in [1.807, 2.05) is 38.1 Å². The molecule has 13 nitrogen and oxygen atoms in total. The van der Waals surface area contributed by atoms with E-state index in [1.165, 1.54) is 4.90 Å². The summed E-state index contributed by atoms with van der Waals surface area (Å²) in [5, 5.41) is 21.9. The minimum atomic E-state index is -1.28. The number of nitrogens with zero attached hydrogens (tertiary/aromatic N) is 5. The van der Waals surface area contributed by atoms with Crippen LogP contribution in [0.25, 0.3) is 11.0 Å². The van der Waals surface area contributed by atoms with Crippen LogP contribution in [0.15, 0.2) is 49.6 Å². The van der Waals surface area contributed by atoms with Gasteiger partial charge in [0.15, 0.2) is 0 Å². The number of rotatable bonds is 16. The van der Waals surface area contributed by atoms with Gasteiger partial charge >= 0.3 is 5.97 Å². The first-order valence-corrected chi connectivity index (χ1v) is 16.5. The van der Waals surface area contributed by atoms with E-state index >= 15 is 0 Å². The molecule has 3 amide bonds. The first kappa shape index (κ1) is 34.2. The number of aliphatic hydroxyl groups is 1. The Morgan fingerprint density at radius 1 is 1.26 bits per heavy atom. The lowest BCUT2D eigenvalue weighted by Crippen LogP contribution is -2.60. The van der Waals surface area contributed by atoms with Gasteiger partial charge in [0.05, 0.1) is 42.6 Å². The first-order chi connectivity index (χ1) is 22.6. The molecule has 3 saturated heterocycles. The Bertz CT molecular complexity index is 1510. The van der Waals surface area contributed by atoms with E-state index in [2.05, 4.69) is 28.8 Å². The molecule has 254 valence electrons. The summed E-state index contributed by atoms with van der Waals surface area (Å²) in [7, 11) is 0. The fourth-order valence-electron chi connectivity index (χ4n) is 7.44. The summed E-state index contributed by atoms with van der Waals surface area (Å²) in [6.07, 6.45) is 4.34. The average molecular weight is 651 g/mol. The number of amides is 3. The lowest BCUT2D eigenvalue weighted by Gasteiger charge is -2.40. The quantitative estimate of drug-likeness (QED) is 0.205. The number of esters is 1. The van der Waals surface area contributed by atoms with Crippen LogP contribution in [0.1, 0.15) is 52.9 Å². The van der Waals surface area contributed by atoms with E-state index in [0.29, 0.717) is 31.2 Å². The number of carbonyl (C=O) groups excluding carboxylic acids is 4. The molecule has 1 aromatic carbocycles. The van der Waals surface area contributed by atoms with Gasteiger partial charge in [-0.2, -0.15) is 0 Å². The summed E-state index contributed by atoms with van der Waals surface area (Å²) in [6.45, 7) is 13.0. The van der Waals surface area contributed by atoms with Gasteiger partial charge in [-0.3, -0.25) is 19.2 Å². The molecule has 2 bridgehead atoms. The second kappa shape index (κ2) is 14.3. The van der Waals surface area contributed by atoms with Crippen molar-refractivity contribution in [1.82, 2.24) is 30.1 Å². The normalized spacial score (nSPS) is 26.5. The van der Waals surface area contributed by atoms with Gasteiger partial charge in [-0.15, -0.1) is 18.3 Å². The van der Waals surface area contributed by atoms with Crippen LogP contribution in [-0.4, -0.2) is 103 Å². The molecule has 0 saturated carbocycles. The molecule has 47 heavy (non-hydrogen) atoms. The predicted molar refractivity (Wildman–Crippen MR) is 172 cm³/mol. The van der Waals surface area contributed by atoms with E-state index < -0.39 is 53.6 Å². The number of benzene rings is 1. The fourth-order valence-corrected chi connectivity index (χ4v) is 7.44. The summed E-state index contributed by atoms with van der Waals surface area (Å²) in [5.41, 5.74) is 0.135. The second-order valence-corrected chi connectivity index (χ2v) is 12.9. The maximum absolute atomic E-state index is 14.8. The van der Waals surface area contributed by atoms with Crippen molar-refractivity contribution >= 4 is 34.7 Å². The Kier molecular flexibility index (Phi) is 10.5. The van der Waals surface area contributed by atoms with Crippen molar-refractivity contribution in [2.45, 2.75) is 89.4 Å². The van der Waals surface area contributed by atoms with E-state index in [-0.39, 0.29) is 50.5 Å². The smallest absolute Gasteiger partial charge is 0.312 e. The van der Waals surface area contributed by atoms with Crippen molar-refractivity contribution in [2.75, 3.05) is 19.7 Å². The number of fused-ring (bicyclic) bond motifs is 2. The molecule has 3 aliphatic heterocycles. The highest BCUT2D eigenvalue weighted by Crippen LogP contribution is 2.59. The van der Waals surface area contributed by atoms with E-state index in [1.54, 1.807) is 28.7 Å². The number of aromatic nitrogens is 3. The molecule has 0 unspecified atom stereocenters. The molecule has 3 fully saturated rings. The largest absolute Gasteiger partial charge is 0.460 e. The molecule has 1 spiro atoms. The van der Waals surface area contributed by atoms with Crippen molar-refractivity contribution in [3.8, 4) is 0 Å². The van der Waals surface area contributed by atoms with Gasteiger partial charge in [0, 0.05) is 13.0 Å². The topological polar surface area (TPSA) is 156 Å². The van der Waals surface area contributed by atoms with Crippen LogP contribution >= 0.6 is 0 Å². The third-order valence-electron chi connectivity index (χ3n) is 9.95. The van der Waals surface area contributed by atoms with Crippen LogP contribution in [0.5, 0.6) is 0 Å². The molecule has 2 aromatic rings. The highest BCUT2D eigenvalue weighted by molar-refractivity contribution is 5.98. The minimum absolute atomic E-state index is 0.0443. The van der Waals surface area contributed by atoms with Crippen LogP contribution in [0.2, 0.25) is 0 Å². The maximum Gasteiger partial charge on any atom is 0.312 e. The number of hydrogen-bond acceptors (Lipinski definition) is 9. The third-order valence-corrected chi connectivity index (χ3v) is 9.95. The molecule has 1 aromatic heterocycles. The zero-order chi connectivity index (χ0) is 33.9. The van der Waals surface area contributed by atoms with Crippen LogP contribution < -0.4 is 5.32 Å². The van der Waals surface area contributed by atoms with Crippen molar-refractivity contribution < 1.29 is 33.8 Å². The van der Waals surface area contributed by atoms with Crippen LogP contribution in [0, 0.1) is 17.8 Å². The number of carbonyl (C=O) groups is 4. The maximum atomic E-state index is 14.8. The first-order valence-electron chi connectivity index (χ1n) is 16.5. The number of para-hydroxylation sites is 1. The van der Waals surface area contributed by atoms with Crippen molar-refractivity contribution in [3.63, 3.8) is 0 Å². The fraction of sp³-hybridized carbons (Fsp3) is 0.588. The zero-order valence-electron chi connectivity index (χ0n) is 27.4. The van der Waals surface area contributed by atoms with Gasteiger partial charge < -0.3 is 29.7 Å². The summed E-state index contributed by atoms with van der Waals surface area (Å²) in [6, 6.07) is 5.65. The highest BCUT2D eigenvalue weighted by atomic mass is 16.6. The molecule has 3 aliphatic rings. The van der Waals surface area contributed by atoms with E-state index in [4.69, 9.17) is 9.47 Å². The summed E-state index contributed by atoms with van der Waals surface area (Å²) in [4.78, 5) is 58.2. The minimum Gasteiger partial charge on any atom is -0.460 e. The van der Waals surface area contributed by atoms with E-state index in [0.717, 1.165) is 5.52 Å². The van der Waals surface area contributed by atoms with Crippen LogP contribution in [0.3, 0.4) is 0 Å².